The van der Waals surface area contributed by atoms with Crippen LogP contribution in [0.25, 0.3) is 0 Å². The minimum Gasteiger partial charge on any atom is -0.618 e. The van der Waals surface area contributed by atoms with Gasteiger partial charge in [0.25, 0.3) is 0 Å². The molecule has 0 aliphatic rings. The Morgan fingerprint density at radius 3 is 2.53 bits per heavy atom. The van der Waals surface area contributed by atoms with Gasteiger partial charge < -0.3 is 5.21 Å². The lowest BCUT2D eigenvalue weighted by atomic mass is 10.1. The summed E-state index contributed by atoms with van der Waals surface area (Å²) in [4.78, 5) is 0. The number of pyridine rings is 1. The fourth-order valence-electron chi connectivity index (χ4n) is 1.44. The average molecular weight is 220 g/mol. The Hall–Kier alpha value is -1.54. The van der Waals surface area contributed by atoms with Gasteiger partial charge >= 0.3 is 0 Å². The summed E-state index contributed by atoms with van der Waals surface area (Å²) in [6.07, 6.45) is 2.05. The van der Waals surface area contributed by atoms with E-state index in [0.717, 1.165) is 10.3 Å². The lowest BCUT2D eigenvalue weighted by molar-refractivity contribution is -0.613. The first-order valence-electron chi connectivity index (χ1n) is 4.68. The van der Waals surface area contributed by atoms with Gasteiger partial charge in [0.05, 0.1) is 6.42 Å². The molecule has 2 nitrogen and oxygen atoms in total. The zero-order valence-corrected chi connectivity index (χ0v) is 8.82. The van der Waals surface area contributed by atoms with Crippen LogP contribution in [0.2, 0.25) is 5.02 Å². The summed E-state index contributed by atoms with van der Waals surface area (Å²) in [5, 5.41) is 12.1. The standard InChI is InChI=1S/C12H10ClNO/c13-12-7-2-1-5-10(12)9-11-6-3-4-8-14(11)15/h1-8H,9H2. The third kappa shape index (κ3) is 2.28. The number of benzene rings is 1. The number of hydrogen-bond acceptors (Lipinski definition) is 1. The highest BCUT2D eigenvalue weighted by molar-refractivity contribution is 6.31. The Morgan fingerprint density at radius 1 is 1.07 bits per heavy atom. The Morgan fingerprint density at radius 2 is 1.80 bits per heavy atom. The Labute approximate surface area is 93.3 Å². The molecule has 2 rings (SSSR count). The van der Waals surface area contributed by atoms with E-state index in [9.17, 15) is 5.21 Å². The largest absolute Gasteiger partial charge is 0.618 e. The van der Waals surface area contributed by atoms with Crippen LogP contribution < -0.4 is 4.73 Å². The van der Waals surface area contributed by atoms with E-state index in [2.05, 4.69) is 0 Å². The molecule has 2 aromatic rings. The maximum Gasteiger partial charge on any atom is 0.197 e. The summed E-state index contributed by atoms with van der Waals surface area (Å²) in [6, 6.07) is 12.9. The van der Waals surface area contributed by atoms with E-state index >= 15 is 0 Å². The molecule has 0 spiro atoms. The van der Waals surface area contributed by atoms with Crippen LogP contribution in [0.1, 0.15) is 11.3 Å². The second-order valence-electron chi connectivity index (χ2n) is 3.29. The monoisotopic (exact) mass is 219 g/mol. The van der Waals surface area contributed by atoms with E-state index in [-0.39, 0.29) is 0 Å². The lowest BCUT2D eigenvalue weighted by Gasteiger charge is -2.05. The molecule has 0 aliphatic carbocycles. The third-order valence-corrected chi connectivity index (χ3v) is 2.60. The minimum atomic E-state index is 0.560. The first-order chi connectivity index (χ1) is 7.27. The van der Waals surface area contributed by atoms with E-state index in [4.69, 9.17) is 11.6 Å². The van der Waals surface area contributed by atoms with Crippen LogP contribution in [0.15, 0.2) is 48.7 Å². The van der Waals surface area contributed by atoms with E-state index in [0.29, 0.717) is 17.1 Å². The maximum absolute atomic E-state index is 11.4. The van der Waals surface area contributed by atoms with Crippen LogP contribution in [-0.2, 0) is 6.42 Å². The van der Waals surface area contributed by atoms with Crippen LogP contribution in [0.5, 0.6) is 0 Å². The Balaban J connectivity index is 2.30. The van der Waals surface area contributed by atoms with Gasteiger partial charge in [-0.2, -0.15) is 4.73 Å². The zero-order chi connectivity index (χ0) is 10.7. The van der Waals surface area contributed by atoms with Crippen LogP contribution in [0, 0.1) is 5.21 Å². The van der Waals surface area contributed by atoms with Crippen molar-refractivity contribution in [1.29, 1.82) is 0 Å². The molecule has 0 saturated heterocycles. The van der Waals surface area contributed by atoms with Crippen molar-refractivity contribution in [2.45, 2.75) is 6.42 Å². The molecule has 0 amide bonds. The maximum atomic E-state index is 11.4. The molecule has 15 heavy (non-hydrogen) atoms. The molecule has 0 aliphatic heterocycles. The van der Waals surface area contributed by atoms with Crippen LogP contribution in [0.4, 0.5) is 0 Å². The van der Waals surface area contributed by atoms with Gasteiger partial charge in [0, 0.05) is 17.2 Å². The molecule has 0 radical (unpaired) electrons. The molecular formula is C12H10ClNO. The highest BCUT2D eigenvalue weighted by Gasteiger charge is 2.07. The van der Waals surface area contributed by atoms with Gasteiger partial charge in [-0.25, -0.2) is 0 Å². The van der Waals surface area contributed by atoms with Crippen molar-refractivity contribution in [3.8, 4) is 0 Å². The highest BCUT2D eigenvalue weighted by Crippen LogP contribution is 2.17. The van der Waals surface area contributed by atoms with Crippen LogP contribution in [-0.4, -0.2) is 0 Å². The first kappa shape index (κ1) is 9.99. The van der Waals surface area contributed by atoms with Gasteiger partial charge in [-0.1, -0.05) is 35.9 Å². The van der Waals surface area contributed by atoms with Gasteiger partial charge in [0.2, 0.25) is 0 Å². The van der Waals surface area contributed by atoms with E-state index in [1.54, 1.807) is 12.1 Å². The topological polar surface area (TPSA) is 26.9 Å². The summed E-state index contributed by atoms with van der Waals surface area (Å²) in [5.41, 5.74) is 1.67. The van der Waals surface area contributed by atoms with Crippen molar-refractivity contribution in [2.24, 2.45) is 0 Å². The smallest absolute Gasteiger partial charge is 0.197 e. The molecule has 0 saturated carbocycles. The Kier molecular flexibility index (Phi) is 2.88. The number of aromatic nitrogens is 1. The van der Waals surface area contributed by atoms with Gasteiger partial charge in [-0.05, 0) is 11.6 Å². The summed E-state index contributed by atoms with van der Waals surface area (Å²) < 4.78 is 0.864. The molecular weight excluding hydrogens is 210 g/mol. The van der Waals surface area contributed by atoms with Crippen LogP contribution in [0.3, 0.4) is 0 Å². The lowest BCUT2D eigenvalue weighted by Crippen LogP contribution is -2.30. The molecule has 76 valence electrons. The van der Waals surface area contributed by atoms with Crippen LogP contribution >= 0.6 is 11.6 Å². The molecule has 3 heteroatoms. The number of rotatable bonds is 2. The number of nitrogens with zero attached hydrogens (tertiary/aromatic N) is 1. The molecule has 0 atom stereocenters. The predicted molar refractivity (Wildman–Crippen MR) is 59.7 cm³/mol. The normalized spacial score (nSPS) is 10.2. The summed E-state index contributed by atoms with van der Waals surface area (Å²) in [7, 11) is 0. The van der Waals surface area contributed by atoms with E-state index < -0.39 is 0 Å². The molecule has 1 aromatic carbocycles. The SMILES string of the molecule is [O-][n+]1ccccc1Cc1ccccc1Cl. The predicted octanol–water partition coefficient (Wildman–Crippen LogP) is 2.56. The molecule has 0 N–H and O–H groups in total. The zero-order valence-electron chi connectivity index (χ0n) is 8.06. The highest BCUT2D eigenvalue weighted by atomic mass is 35.5. The van der Waals surface area contributed by atoms with E-state index in [1.807, 2.05) is 30.3 Å². The van der Waals surface area contributed by atoms with Crippen molar-refractivity contribution in [2.75, 3.05) is 0 Å². The van der Waals surface area contributed by atoms with Crippen molar-refractivity contribution < 1.29 is 4.73 Å². The van der Waals surface area contributed by atoms with Gasteiger partial charge in [-0.3, -0.25) is 0 Å². The average Bonchev–Trinajstić information content (AvgIpc) is 2.24. The quantitative estimate of drug-likeness (QED) is 0.563. The van der Waals surface area contributed by atoms with Gasteiger partial charge in [0.15, 0.2) is 11.9 Å². The molecule has 0 unspecified atom stereocenters. The molecule has 0 fully saturated rings. The van der Waals surface area contributed by atoms with E-state index in [1.165, 1.54) is 6.20 Å². The summed E-state index contributed by atoms with van der Waals surface area (Å²) in [6.45, 7) is 0. The third-order valence-electron chi connectivity index (χ3n) is 2.23. The number of halogens is 1. The Bertz CT molecular complexity index is 427. The van der Waals surface area contributed by atoms with Crippen molar-refractivity contribution in [1.82, 2.24) is 0 Å². The molecule has 0 bridgehead atoms. The van der Waals surface area contributed by atoms with Crippen molar-refractivity contribution in [3.63, 3.8) is 0 Å². The van der Waals surface area contributed by atoms with Crippen molar-refractivity contribution in [3.05, 3.63) is 70.1 Å². The molecule has 1 heterocycles. The first-order valence-corrected chi connectivity index (χ1v) is 5.05. The molecule has 1 aromatic heterocycles. The fourth-order valence-corrected chi connectivity index (χ4v) is 1.64. The van der Waals surface area contributed by atoms with Gasteiger partial charge in [-0.15, -0.1) is 0 Å². The minimum absolute atomic E-state index is 0.560. The summed E-state index contributed by atoms with van der Waals surface area (Å²) >= 11 is 6.02. The van der Waals surface area contributed by atoms with Gasteiger partial charge in [0.1, 0.15) is 0 Å². The summed E-state index contributed by atoms with van der Waals surface area (Å²) in [5.74, 6) is 0. The number of hydrogen-bond donors (Lipinski definition) is 0. The second-order valence-corrected chi connectivity index (χ2v) is 3.69. The fraction of sp³-hybridized carbons (Fsp3) is 0.0833. The van der Waals surface area contributed by atoms with Crippen molar-refractivity contribution >= 4 is 11.6 Å². The second kappa shape index (κ2) is 4.32.